The van der Waals surface area contributed by atoms with Crippen molar-refractivity contribution in [2.45, 2.75) is 13.5 Å². The van der Waals surface area contributed by atoms with Gasteiger partial charge in [0.2, 0.25) is 5.95 Å². The average molecular weight is 600 g/mol. The van der Waals surface area contributed by atoms with Crippen LogP contribution in [0.3, 0.4) is 0 Å². The molecule has 0 unspecified atom stereocenters. The van der Waals surface area contributed by atoms with E-state index in [1.54, 1.807) is 68.8 Å². The van der Waals surface area contributed by atoms with Crippen molar-refractivity contribution in [1.29, 1.82) is 0 Å². The van der Waals surface area contributed by atoms with Gasteiger partial charge in [0.15, 0.2) is 5.82 Å². The van der Waals surface area contributed by atoms with Gasteiger partial charge in [0, 0.05) is 88.6 Å². The van der Waals surface area contributed by atoms with Crippen molar-refractivity contribution in [3.8, 4) is 0 Å². The number of rotatable bonds is 8. The fraction of sp³-hybridized carbons (Fsp3) is 0.375. The van der Waals surface area contributed by atoms with Gasteiger partial charge in [-0.3, -0.25) is 14.4 Å². The molecule has 2 amide bonds. The summed E-state index contributed by atoms with van der Waals surface area (Å²) in [5.74, 6) is 0.521. The van der Waals surface area contributed by atoms with E-state index >= 15 is 0 Å². The number of hydrogen-bond acceptors (Lipinski definition) is 10. The molecule has 2 aliphatic heterocycles. The third kappa shape index (κ3) is 6.52. The number of aryl methyl sites for hydroxylation is 1. The second-order valence-electron chi connectivity index (χ2n) is 11.5. The molecule has 0 radical (unpaired) electrons. The van der Waals surface area contributed by atoms with Gasteiger partial charge in [0.1, 0.15) is 6.61 Å². The van der Waals surface area contributed by atoms with Gasteiger partial charge in [0.25, 0.3) is 11.8 Å². The largest absolute Gasteiger partial charge is 0.369 e. The molecule has 1 fully saturated rings. The van der Waals surface area contributed by atoms with Gasteiger partial charge in [-0.05, 0) is 55.9 Å². The maximum Gasteiger partial charge on any atom is 0.253 e. The minimum atomic E-state index is -0.228. The number of carbonyl (C=O) groups excluding carboxylic acids is 2. The SMILES string of the molecule is C=CCN1OCc2cnc(Nc3ccc(N4CCN(C)CC4)c(C)c3)nc2N1c1cc(C(=O)N(C)C)cc(C(=O)N(C)C)c1. The Morgan fingerprint density at radius 2 is 1.66 bits per heavy atom. The number of benzene rings is 2. The fourth-order valence-corrected chi connectivity index (χ4v) is 5.31. The highest BCUT2D eigenvalue weighted by Crippen LogP contribution is 2.36. The first-order valence-electron chi connectivity index (χ1n) is 14.6. The third-order valence-corrected chi connectivity index (χ3v) is 7.69. The van der Waals surface area contributed by atoms with E-state index in [4.69, 9.17) is 9.82 Å². The highest BCUT2D eigenvalue weighted by molar-refractivity contribution is 6.01. The van der Waals surface area contributed by atoms with Gasteiger partial charge in [-0.25, -0.2) is 9.99 Å². The molecule has 5 rings (SSSR count). The van der Waals surface area contributed by atoms with Gasteiger partial charge in [-0.2, -0.15) is 4.98 Å². The van der Waals surface area contributed by atoms with E-state index in [9.17, 15) is 9.59 Å². The van der Waals surface area contributed by atoms with Crippen LogP contribution in [0.15, 0.2) is 55.3 Å². The van der Waals surface area contributed by atoms with Crippen molar-refractivity contribution in [3.05, 3.63) is 77.5 Å². The number of fused-ring (bicyclic) bond motifs is 1. The first-order chi connectivity index (χ1) is 21.0. The molecule has 0 spiro atoms. The quantitative estimate of drug-likeness (QED) is 0.386. The highest BCUT2D eigenvalue weighted by Gasteiger charge is 2.30. The third-order valence-electron chi connectivity index (χ3n) is 7.69. The van der Waals surface area contributed by atoms with Crippen molar-refractivity contribution in [2.24, 2.45) is 0 Å². The Hall–Kier alpha value is -4.52. The first kappa shape index (κ1) is 30.9. The minimum absolute atomic E-state index is 0.228. The van der Waals surface area contributed by atoms with E-state index in [1.165, 1.54) is 21.1 Å². The van der Waals surface area contributed by atoms with E-state index in [2.05, 4.69) is 52.8 Å². The molecular formula is C32H41N9O3. The van der Waals surface area contributed by atoms with Crippen LogP contribution < -0.4 is 15.2 Å². The van der Waals surface area contributed by atoms with E-state index < -0.39 is 0 Å². The molecule has 2 aliphatic rings. The lowest BCUT2D eigenvalue weighted by molar-refractivity contribution is -0.171. The van der Waals surface area contributed by atoms with E-state index in [0.717, 1.165) is 37.4 Å². The van der Waals surface area contributed by atoms with E-state index in [1.807, 2.05) is 6.07 Å². The fourth-order valence-electron chi connectivity index (χ4n) is 5.31. The molecule has 3 aromatic rings. The predicted molar refractivity (Wildman–Crippen MR) is 173 cm³/mol. The second-order valence-corrected chi connectivity index (χ2v) is 11.5. The van der Waals surface area contributed by atoms with Crippen LogP contribution in [-0.4, -0.2) is 110 Å². The van der Waals surface area contributed by atoms with E-state index in [0.29, 0.717) is 35.1 Å². The molecular weight excluding hydrogens is 558 g/mol. The van der Waals surface area contributed by atoms with Crippen LogP contribution in [-0.2, 0) is 11.4 Å². The Labute approximate surface area is 259 Å². The molecule has 12 heteroatoms. The van der Waals surface area contributed by atoms with Gasteiger partial charge in [-0.1, -0.05) is 11.2 Å². The number of carbonyl (C=O) groups is 2. The zero-order chi connectivity index (χ0) is 31.5. The number of likely N-dealkylation sites (N-methyl/N-ethyl adjacent to an activating group) is 1. The van der Waals surface area contributed by atoms with Gasteiger partial charge >= 0.3 is 0 Å². The lowest BCUT2D eigenvalue weighted by Crippen LogP contribution is -2.44. The zero-order valence-corrected chi connectivity index (χ0v) is 26.4. The number of hydrazine groups is 1. The molecule has 0 bridgehead atoms. The Morgan fingerprint density at radius 3 is 2.25 bits per heavy atom. The summed E-state index contributed by atoms with van der Waals surface area (Å²) in [5.41, 5.74) is 5.31. The van der Waals surface area contributed by atoms with Gasteiger partial charge in [0.05, 0.1) is 12.2 Å². The van der Waals surface area contributed by atoms with Crippen molar-refractivity contribution in [2.75, 3.05) is 83.2 Å². The highest BCUT2D eigenvalue weighted by atomic mass is 16.7. The molecule has 1 aromatic heterocycles. The molecule has 2 aromatic carbocycles. The van der Waals surface area contributed by atoms with Crippen LogP contribution in [0.4, 0.5) is 28.8 Å². The standard InChI is InChI=1S/C32H41N9O3/c1-8-11-40-41(27-18-23(30(42)36(3)4)17-24(19-27)31(43)37(5)6)29-25(21-44-40)20-33-32(35-29)34-26-9-10-28(22(2)16-26)39-14-12-38(7)13-15-39/h8-10,16-20H,1,11-15,21H2,2-7H3,(H,33,34,35). The van der Waals surface area contributed by atoms with Crippen LogP contribution in [0.5, 0.6) is 0 Å². The summed E-state index contributed by atoms with van der Waals surface area (Å²) in [5, 5.41) is 6.74. The second kappa shape index (κ2) is 13.0. The molecule has 0 aliphatic carbocycles. The summed E-state index contributed by atoms with van der Waals surface area (Å²) in [6, 6.07) is 11.4. The summed E-state index contributed by atoms with van der Waals surface area (Å²) in [4.78, 5) is 49.4. The van der Waals surface area contributed by atoms with Crippen LogP contribution in [0.1, 0.15) is 31.8 Å². The van der Waals surface area contributed by atoms with Gasteiger partial charge in [-0.15, -0.1) is 6.58 Å². The lowest BCUT2D eigenvalue weighted by Gasteiger charge is -2.38. The summed E-state index contributed by atoms with van der Waals surface area (Å²) in [6.07, 6.45) is 3.44. The molecule has 1 saturated heterocycles. The lowest BCUT2D eigenvalue weighted by atomic mass is 10.1. The van der Waals surface area contributed by atoms with Crippen LogP contribution in [0, 0.1) is 6.92 Å². The number of anilines is 5. The average Bonchev–Trinajstić information content (AvgIpc) is 3.00. The van der Waals surface area contributed by atoms with Crippen LogP contribution >= 0.6 is 0 Å². The number of hydrogen-bond donors (Lipinski definition) is 1. The Morgan fingerprint density at radius 1 is 1.00 bits per heavy atom. The zero-order valence-electron chi connectivity index (χ0n) is 26.4. The molecule has 0 atom stereocenters. The number of amides is 2. The Kier molecular flexibility index (Phi) is 9.14. The normalized spacial score (nSPS) is 15.5. The number of hydroxylamine groups is 1. The smallest absolute Gasteiger partial charge is 0.253 e. The molecule has 3 heterocycles. The summed E-state index contributed by atoms with van der Waals surface area (Å²) >= 11 is 0. The minimum Gasteiger partial charge on any atom is -0.369 e. The molecule has 12 nitrogen and oxygen atoms in total. The number of piperazine rings is 1. The Bertz CT molecular complexity index is 1510. The van der Waals surface area contributed by atoms with Gasteiger partial charge < -0.3 is 24.9 Å². The topological polar surface area (TPSA) is 101 Å². The van der Waals surface area contributed by atoms with E-state index in [-0.39, 0.29) is 18.4 Å². The number of nitrogens with zero attached hydrogens (tertiary/aromatic N) is 8. The van der Waals surface area contributed by atoms with Crippen LogP contribution in [0.25, 0.3) is 0 Å². The molecule has 232 valence electrons. The van der Waals surface area contributed by atoms with Crippen molar-refractivity contribution >= 4 is 40.6 Å². The predicted octanol–water partition coefficient (Wildman–Crippen LogP) is 3.67. The maximum atomic E-state index is 13.1. The Balaban J connectivity index is 1.51. The molecule has 0 saturated carbocycles. The molecule has 44 heavy (non-hydrogen) atoms. The number of nitrogens with one attached hydrogen (secondary N) is 1. The van der Waals surface area contributed by atoms with Crippen LogP contribution in [0.2, 0.25) is 0 Å². The summed E-state index contributed by atoms with van der Waals surface area (Å²) < 4.78 is 0. The molecule has 1 N–H and O–H groups in total. The maximum absolute atomic E-state index is 13.1. The summed E-state index contributed by atoms with van der Waals surface area (Å²) in [6.45, 7) is 10.7. The summed E-state index contributed by atoms with van der Waals surface area (Å²) in [7, 11) is 8.86. The van der Waals surface area contributed by atoms with Crippen molar-refractivity contribution in [3.63, 3.8) is 0 Å². The van der Waals surface area contributed by atoms with Crippen molar-refractivity contribution < 1.29 is 14.4 Å². The monoisotopic (exact) mass is 599 g/mol. The number of aromatic nitrogens is 2. The first-order valence-corrected chi connectivity index (χ1v) is 14.6. The van der Waals surface area contributed by atoms with Crippen molar-refractivity contribution in [1.82, 2.24) is 29.8 Å².